The first kappa shape index (κ1) is 22.6. The lowest BCUT2D eigenvalue weighted by Crippen LogP contribution is -2.28. The fourth-order valence-corrected chi connectivity index (χ4v) is 3.73. The molecule has 0 radical (unpaired) electrons. The van der Waals surface area contributed by atoms with Gasteiger partial charge in [0.05, 0.1) is 17.2 Å². The summed E-state index contributed by atoms with van der Waals surface area (Å²) >= 11 is 0. The van der Waals surface area contributed by atoms with E-state index in [1.165, 1.54) is 12.1 Å². The van der Waals surface area contributed by atoms with E-state index in [4.69, 9.17) is 0 Å². The molecule has 1 aromatic heterocycles. The van der Waals surface area contributed by atoms with Gasteiger partial charge in [-0.2, -0.15) is 18.4 Å². The number of benzene rings is 2. The average Bonchev–Trinajstić information content (AvgIpc) is 3.14. The molecule has 0 N–H and O–H groups in total. The number of nitriles is 1. The van der Waals surface area contributed by atoms with Gasteiger partial charge in [-0.15, -0.1) is 0 Å². The van der Waals surface area contributed by atoms with Gasteiger partial charge in [0.25, 0.3) is 0 Å². The third kappa shape index (κ3) is 6.22. The second-order valence-corrected chi connectivity index (χ2v) is 8.16. The SMILES string of the molecule is CC(C)CN(Cc1ccccc1C#N)Cc1cccn1Cc1cccc(C(F)(F)F)c1. The van der Waals surface area contributed by atoms with Crippen LogP contribution in [0.2, 0.25) is 0 Å². The smallest absolute Gasteiger partial charge is 0.346 e. The van der Waals surface area contributed by atoms with E-state index < -0.39 is 11.7 Å². The molecule has 0 fully saturated rings. The van der Waals surface area contributed by atoms with Crippen LogP contribution in [0.15, 0.2) is 66.9 Å². The van der Waals surface area contributed by atoms with E-state index in [9.17, 15) is 18.4 Å². The highest BCUT2D eigenvalue weighted by molar-refractivity contribution is 5.37. The molecule has 0 spiro atoms. The van der Waals surface area contributed by atoms with E-state index in [1.807, 2.05) is 47.2 Å². The van der Waals surface area contributed by atoms with Crippen LogP contribution >= 0.6 is 0 Å². The Kier molecular flexibility index (Phi) is 7.19. The van der Waals surface area contributed by atoms with Crippen molar-refractivity contribution in [1.29, 1.82) is 5.26 Å². The lowest BCUT2D eigenvalue weighted by molar-refractivity contribution is -0.137. The maximum Gasteiger partial charge on any atom is 0.416 e. The maximum atomic E-state index is 13.1. The Bertz CT molecular complexity index is 1040. The second-order valence-electron chi connectivity index (χ2n) is 8.16. The number of nitrogens with zero attached hydrogens (tertiary/aromatic N) is 3. The van der Waals surface area contributed by atoms with Crippen LogP contribution in [0.5, 0.6) is 0 Å². The molecule has 0 atom stereocenters. The molecule has 0 amide bonds. The lowest BCUT2D eigenvalue weighted by atomic mass is 10.1. The van der Waals surface area contributed by atoms with Crippen molar-refractivity contribution < 1.29 is 13.2 Å². The molecule has 0 aliphatic heterocycles. The molecule has 31 heavy (non-hydrogen) atoms. The van der Waals surface area contributed by atoms with E-state index in [0.29, 0.717) is 36.7 Å². The summed E-state index contributed by atoms with van der Waals surface area (Å²) in [5, 5.41) is 9.41. The molecule has 162 valence electrons. The highest BCUT2D eigenvalue weighted by Crippen LogP contribution is 2.29. The first-order chi connectivity index (χ1) is 14.8. The van der Waals surface area contributed by atoms with Crippen LogP contribution in [0.3, 0.4) is 0 Å². The highest BCUT2D eigenvalue weighted by atomic mass is 19.4. The zero-order valence-corrected chi connectivity index (χ0v) is 17.7. The van der Waals surface area contributed by atoms with Crippen LogP contribution in [-0.4, -0.2) is 16.0 Å². The summed E-state index contributed by atoms with van der Waals surface area (Å²) in [7, 11) is 0. The summed E-state index contributed by atoms with van der Waals surface area (Å²) in [6.07, 6.45) is -2.45. The van der Waals surface area contributed by atoms with E-state index in [2.05, 4.69) is 24.8 Å². The minimum Gasteiger partial charge on any atom is -0.346 e. The predicted molar refractivity (Wildman–Crippen MR) is 115 cm³/mol. The van der Waals surface area contributed by atoms with Crippen LogP contribution < -0.4 is 0 Å². The number of alkyl halides is 3. The minimum atomic E-state index is -4.35. The number of aromatic nitrogens is 1. The van der Waals surface area contributed by atoms with Crippen LogP contribution in [-0.2, 0) is 25.8 Å². The number of rotatable bonds is 8. The normalized spacial score (nSPS) is 11.8. The molecule has 2 aromatic carbocycles. The third-order valence-electron chi connectivity index (χ3n) is 5.07. The van der Waals surface area contributed by atoms with Gasteiger partial charge >= 0.3 is 6.18 Å². The molecule has 0 saturated heterocycles. The van der Waals surface area contributed by atoms with Gasteiger partial charge in [-0.25, -0.2) is 0 Å². The van der Waals surface area contributed by atoms with Crippen molar-refractivity contribution in [2.45, 2.75) is 39.7 Å². The molecule has 0 bridgehead atoms. The Morgan fingerprint density at radius 1 is 1.00 bits per heavy atom. The molecule has 3 aromatic rings. The van der Waals surface area contributed by atoms with Crippen LogP contribution in [0.1, 0.15) is 41.8 Å². The molecular formula is C25H26F3N3. The number of hydrogen-bond donors (Lipinski definition) is 0. The van der Waals surface area contributed by atoms with Crippen LogP contribution in [0, 0.1) is 17.2 Å². The van der Waals surface area contributed by atoms with Gasteiger partial charge in [0.15, 0.2) is 0 Å². The summed E-state index contributed by atoms with van der Waals surface area (Å²) in [5.41, 5.74) is 2.63. The Hall–Kier alpha value is -3.04. The second kappa shape index (κ2) is 9.84. The molecule has 0 aliphatic rings. The van der Waals surface area contributed by atoms with Crippen molar-refractivity contribution in [3.8, 4) is 6.07 Å². The minimum absolute atomic E-state index is 0.372. The van der Waals surface area contributed by atoms with Crippen molar-refractivity contribution >= 4 is 0 Å². The fourth-order valence-electron chi connectivity index (χ4n) is 3.73. The van der Waals surface area contributed by atoms with Gasteiger partial charge in [-0.1, -0.05) is 44.2 Å². The largest absolute Gasteiger partial charge is 0.416 e. The van der Waals surface area contributed by atoms with Gasteiger partial charge in [0.1, 0.15) is 0 Å². The standard InChI is InChI=1S/C25H26F3N3/c1-19(2)15-30(17-22-9-4-3-8-21(22)14-29)18-24-11-6-12-31(24)16-20-7-5-10-23(13-20)25(26,27)28/h3-13,19H,15-18H2,1-2H3. The van der Waals surface area contributed by atoms with Gasteiger partial charge in [-0.05, 0) is 47.4 Å². The van der Waals surface area contributed by atoms with E-state index in [0.717, 1.165) is 23.9 Å². The van der Waals surface area contributed by atoms with Crippen molar-refractivity contribution in [3.63, 3.8) is 0 Å². The Balaban J connectivity index is 1.80. The number of hydrogen-bond acceptors (Lipinski definition) is 2. The lowest BCUT2D eigenvalue weighted by Gasteiger charge is -2.25. The Morgan fingerprint density at radius 2 is 1.77 bits per heavy atom. The van der Waals surface area contributed by atoms with Crippen molar-refractivity contribution in [1.82, 2.24) is 9.47 Å². The van der Waals surface area contributed by atoms with E-state index >= 15 is 0 Å². The molecule has 3 rings (SSSR count). The molecule has 1 heterocycles. The summed E-state index contributed by atoms with van der Waals surface area (Å²) < 4.78 is 41.1. The Labute approximate surface area is 181 Å². The van der Waals surface area contributed by atoms with Crippen molar-refractivity contribution in [2.75, 3.05) is 6.54 Å². The molecule has 0 unspecified atom stereocenters. The molecule has 6 heteroatoms. The quantitative estimate of drug-likeness (QED) is 0.438. The highest BCUT2D eigenvalue weighted by Gasteiger charge is 2.30. The molecule has 3 nitrogen and oxygen atoms in total. The van der Waals surface area contributed by atoms with Crippen molar-refractivity contribution in [3.05, 3.63) is 94.8 Å². The zero-order chi connectivity index (χ0) is 22.4. The summed E-state index contributed by atoms with van der Waals surface area (Å²) in [6, 6.07) is 19.2. The predicted octanol–water partition coefficient (Wildman–Crippen LogP) is 6.09. The molecular weight excluding hydrogens is 399 g/mol. The molecule has 0 saturated carbocycles. The van der Waals surface area contributed by atoms with Gasteiger partial charge < -0.3 is 4.57 Å². The topological polar surface area (TPSA) is 32.0 Å². The summed E-state index contributed by atoms with van der Waals surface area (Å²) in [4.78, 5) is 2.28. The Morgan fingerprint density at radius 3 is 2.48 bits per heavy atom. The van der Waals surface area contributed by atoms with Crippen LogP contribution in [0.4, 0.5) is 13.2 Å². The van der Waals surface area contributed by atoms with Gasteiger partial charge in [0, 0.05) is 38.1 Å². The summed E-state index contributed by atoms with van der Waals surface area (Å²) in [5.74, 6) is 0.432. The van der Waals surface area contributed by atoms with Crippen molar-refractivity contribution in [2.24, 2.45) is 5.92 Å². The zero-order valence-electron chi connectivity index (χ0n) is 17.7. The number of halogens is 3. The summed E-state index contributed by atoms with van der Waals surface area (Å²) in [6.45, 7) is 6.78. The average molecular weight is 425 g/mol. The molecule has 0 aliphatic carbocycles. The maximum absolute atomic E-state index is 13.1. The third-order valence-corrected chi connectivity index (χ3v) is 5.07. The van der Waals surface area contributed by atoms with Crippen LogP contribution in [0.25, 0.3) is 0 Å². The fraction of sp³-hybridized carbons (Fsp3) is 0.320. The van der Waals surface area contributed by atoms with E-state index in [-0.39, 0.29) is 0 Å². The van der Waals surface area contributed by atoms with E-state index in [1.54, 1.807) is 6.07 Å². The first-order valence-corrected chi connectivity index (χ1v) is 10.3. The van der Waals surface area contributed by atoms with Gasteiger partial charge in [-0.3, -0.25) is 4.90 Å². The van der Waals surface area contributed by atoms with Gasteiger partial charge in [0.2, 0.25) is 0 Å². The first-order valence-electron chi connectivity index (χ1n) is 10.3. The monoisotopic (exact) mass is 425 g/mol.